The molecule has 29 heavy (non-hydrogen) atoms. The minimum absolute atomic E-state index is 0. The van der Waals surface area contributed by atoms with E-state index in [1.807, 2.05) is 18.2 Å². The summed E-state index contributed by atoms with van der Waals surface area (Å²) in [6, 6.07) is 16.8. The first-order valence-electron chi connectivity index (χ1n) is 9.72. The highest BCUT2D eigenvalue weighted by Gasteiger charge is 2.10. The smallest absolute Gasteiger partial charge is 0.191 e. The standard InChI is InChI=1S/C22H30N4O2.HI/c1-23-22(25-16-20-4-3-5-21(14-20)27-2)24-15-18-6-8-19(9-7-18)17-26-10-12-28-13-11-26;/h3-9,14H,10-13,15-17H2,1-2H3,(H2,23,24,25);1H. The van der Waals surface area contributed by atoms with Crippen LogP contribution in [0.4, 0.5) is 0 Å². The van der Waals surface area contributed by atoms with Gasteiger partial charge in [0.05, 0.1) is 20.3 Å². The summed E-state index contributed by atoms with van der Waals surface area (Å²) < 4.78 is 10.7. The average molecular weight is 510 g/mol. The topological polar surface area (TPSA) is 58.1 Å². The number of guanidine groups is 1. The maximum absolute atomic E-state index is 5.41. The summed E-state index contributed by atoms with van der Waals surface area (Å²) in [6.07, 6.45) is 0. The van der Waals surface area contributed by atoms with Gasteiger partial charge in [-0.05, 0) is 28.8 Å². The molecular weight excluding hydrogens is 479 g/mol. The highest BCUT2D eigenvalue weighted by atomic mass is 127. The van der Waals surface area contributed by atoms with Crippen LogP contribution in [-0.2, 0) is 24.4 Å². The number of nitrogens with zero attached hydrogens (tertiary/aromatic N) is 2. The molecule has 0 spiro atoms. The van der Waals surface area contributed by atoms with E-state index in [0.29, 0.717) is 6.54 Å². The van der Waals surface area contributed by atoms with Crippen molar-refractivity contribution in [2.45, 2.75) is 19.6 Å². The molecule has 0 atom stereocenters. The summed E-state index contributed by atoms with van der Waals surface area (Å²) in [4.78, 5) is 6.73. The first-order valence-corrected chi connectivity index (χ1v) is 9.72. The SMILES string of the molecule is CN=C(NCc1ccc(CN2CCOCC2)cc1)NCc1cccc(OC)c1.I. The lowest BCUT2D eigenvalue weighted by molar-refractivity contribution is 0.0342. The number of rotatable bonds is 7. The molecule has 7 heteroatoms. The zero-order valence-electron chi connectivity index (χ0n) is 17.2. The Balaban J connectivity index is 0.00000300. The molecule has 0 unspecified atom stereocenters. The lowest BCUT2D eigenvalue weighted by atomic mass is 10.1. The molecule has 0 aliphatic carbocycles. The number of nitrogens with one attached hydrogen (secondary N) is 2. The quantitative estimate of drug-likeness (QED) is 0.341. The summed E-state index contributed by atoms with van der Waals surface area (Å²) >= 11 is 0. The van der Waals surface area contributed by atoms with Crippen molar-refractivity contribution in [2.24, 2.45) is 4.99 Å². The van der Waals surface area contributed by atoms with Gasteiger partial charge in [0.1, 0.15) is 5.75 Å². The van der Waals surface area contributed by atoms with Crippen molar-refractivity contribution < 1.29 is 9.47 Å². The molecule has 158 valence electrons. The van der Waals surface area contributed by atoms with E-state index in [9.17, 15) is 0 Å². The summed E-state index contributed by atoms with van der Waals surface area (Å²) in [6.45, 7) is 6.11. The zero-order valence-corrected chi connectivity index (χ0v) is 19.5. The van der Waals surface area contributed by atoms with Crippen molar-refractivity contribution >= 4 is 29.9 Å². The molecule has 1 aliphatic rings. The molecule has 0 saturated carbocycles. The van der Waals surface area contributed by atoms with Gasteiger partial charge in [0.15, 0.2) is 5.96 Å². The van der Waals surface area contributed by atoms with Gasteiger partial charge in [0, 0.05) is 39.8 Å². The van der Waals surface area contributed by atoms with Crippen LogP contribution in [0.2, 0.25) is 0 Å². The number of ether oxygens (including phenoxy) is 2. The van der Waals surface area contributed by atoms with Gasteiger partial charge in [-0.3, -0.25) is 9.89 Å². The van der Waals surface area contributed by atoms with E-state index in [1.165, 1.54) is 11.1 Å². The second kappa shape index (κ2) is 12.7. The Bertz CT molecular complexity index is 762. The molecule has 1 saturated heterocycles. The summed E-state index contributed by atoms with van der Waals surface area (Å²) in [7, 11) is 3.46. The Morgan fingerprint density at radius 2 is 1.66 bits per heavy atom. The third kappa shape index (κ3) is 7.83. The van der Waals surface area contributed by atoms with Crippen molar-refractivity contribution in [1.29, 1.82) is 0 Å². The largest absolute Gasteiger partial charge is 0.497 e. The predicted molar refractivity (Wildman–Crippen MR) is 128 cm³/mol. The normalized spacial score (nSPS) is 14.8. The maximum atomic E-state index is 5.41. The van der Waals surface area contributed by atoms with Crippen LogP contribution >= 0.6 is 24.0 Å². The molecule has 1 heterocycles. The third-order valence-electron chi connectivity index (χ3n) is 4.81. The lowest BCUT2D eigenvalue weighted by Crippen LogP contribution is -2.36. The van der Waals surface area contributed by atoms with E-state index in [1.54, 1.807) is 14.2 Å². The van der Waals surface area contributed by atoms with Crippen molar-refractivity contribution in [3.63, 3.8) is 0 Å². The average Bonchev–Trinajstić information content (AvgIpc) is 2.76. The molecule has 3 rings (SSSR count). The number of halogens is 1. The second-order valence-electron chi connectivity index (χ2n) is 6.84. The van der Waals surface area contributed by atoms with Gasteiger partial charge in [0.25, 0.3) is 0 Å². The van der Waals surface area contributed by atoms with E-state index >= 15 is 0 Å². The Hall–Kier alpha value is -1.84. The highest BCUT2D eigenvalue weighted by Crippen LogP contribution is 2.12. The van der Waals surface area contributed by atoms with Gasteiger partial charge in [0.2, 0.25) is 0 Å². The first-order chi connectivity index (χ1) is 13.8. The minimum atomic E-state index is 0. The number of benzene rings is 2. The van der Waals surface area contributed by atoms with E-state index in [4.69, 9.17) is 9.47 Å². The number of morpholine rings is 1. The molecule has 0 radical (unpaired) electrons. The fraction of sp³-hybridized carbons (Fsp3) is 0.409. The van der Waals surface area contributed by atoms with E-state index in [0.717, 1.165) is 56.7 Å². The fourth-order valence-electron chi connectivity index (χ4n) is 3.15. The van der Waals surface area contributed by atoms with E-state index in [-0.39, 0.29) is 24.0 Å². The van der Waals surface area contributed by atoms with Gasteiger partial charge >= 0.3 is 0 Å². The van der Waals surface area contributed by atoms with Crippen molar-refractivity contribution in [3.8, 4) is 5.75 Å². The monoisotopic (exact) mass is 510 g/mol. The Labute approximate surface area is 190 Å². The third-order valence-corrected chi connectivity index (χ3v) is 4.81. The van der Waals surface area contributed by atoms with E-state index < -0.39 is 0 Å². The van der Waals surface area contributed by atoms with Crippen molar-refractivity contribution in [3.05, 3.63) is 65.2 Å². The minimum Gasteiger partial charge on any atom is -0.497 e. The molecule has 1 fully saturated rings. The van der Waals surface area contributed by atoms with Crippen LogP contribution in [0.1, 0.15) is 16.7 Å². The van der Waals surface area contributed by atoms with Crippen LogP contribution in [-0.4, -0.2) is 51.3 Å². The van der Waals surface area contributed by atoms with Gasteiger partial charge < -0.3 is 20.1 Å². The van der Waals surface area contributed by atoms with Crippen molar-refractivity contribution in [1.82, 2.24) is 15.5 Å². The predicted octanol–water partition coefficient (Wildman–Crippen LogP) is 3.01. The fourth-order valence-corrected chi connectivity index (χ4v) is 3.15. The number of hydrogen-bond acceptors (Lipinski definition) is 4. The number of aliphatic imine (C=N–C) groups is 1. The number of methoxy groups -OCH3 is 1. The van der Waals surface area contributed by atoms with Crippen LogP contribution in [0, 0.1) is 0 Å². The molecule has 6 nitrogen and oxygen atoms in total. The van der Waals surface area contributed by atoms with Crippen LogP contribution in [0.5, 0.6) is 5.75 Å². The second-order valence-corrected chi connectivity index (χ2v) is 6.84. The first kappa shape index (κ1) is 23.4. The summed E-state index contributed by atoms with van der Waals surface area (Å²) in [5.74, 6) is 1.64. The van der Waals surface area contributed by atoms with Crippen LogP contribution in [0.15, 0.2) is 53.5 Å². The molecule has 0 amide bonds. The summed E-state index contributed by atoms with van der Waals surface area (Å²) in [5, 5.41) is 6.70. The summed E-state index contributed by atoms with van der Waals surface area (Å²) in [5.41, 5.74) is 3.72. The van der Waals surface area contributed by atoms with Gasteiger partial charge in [-0.1, -0.05) is 36.4 Å². The molecular formula is C22H31IN4O2. The Kier molecular flexibility index (Phi) is 10.2. The van der Waals surface area contributed by atoms with Gasteiger partial charge in [-0.25, -0.2) is 0 Å². The van der Waals surface area contributed by atoms with Crippen LogP contribution in [0.25, 0.3) is 0 Å². The van der Waals surface area contributed by atoms with Crippen molar-refractivity contribution in [2.75, 3.05) is 40.5 Å². The zero-order chi connectivity index (χ0) is 19.6. The highest BCUT2D eigenvalue weighted by molar-refractivity contribution is 14.0. The lowest BCUT2D eigenvalue weighted by Gasteiger charge is -2.26. The Morgan fingerprint density at radius 3 is 2.31 bits per heavy atom. The molecule has 2 aromatic carbocycles. The number of hydrogen-bond donors (Lipinski definition) is 2. The van der Waals surface area contributed by atoms with Crippen LogP contribution in [0.3, 0.4) is 0 Å². The van der Waals surface area contributed by atoms with E-state index in [2.05, 4.69) is 50.9 Å². The molecule has 1 aliphatic heterocycles. The molecule has 2 aromatic rings. The molecule has 2 N–H and O–H groups in total. The maximum Gasteiger partial charge on any atom is 0.191 e. The molecule has 0 aromatic heterocycles. The Morgan fingerprint density at radius 1 is 1.00 bits per heavy atom. The van der Waals surface area contributed by atoms with Gasteiger partial charge in [-0.15, -0.1) is 24.0 Å². The van der Waals surface area contributed by atoms with Crippen LogP contribution < -0.4 is 15.4 Å². The van der Waals surface area contributed by atoms with Gasteiger partial charge in [-0.2, -0.15) is 0 Å². The molecule has 0 bridgehead atoms.